The lowest BCUT2D eigenvalue weighted by Crippen LogP contribution is -2.03. The maximum Gasteiger partial charge on any atom is 0.163 e. The fraction of sp³-hybridized carbons (Fsp3) is 0.125. The van der Waals surface area contributed by atoms with Gasteiger partial charge in [-0.15, -0.1) is 12.4 Å². The first kappa shape index (κ1) is 10.8. The fourth-order valence-electron chi connectivity index (χ4n) is 0.995. The number of carbonyl (C=O) groups is 1. The number of benzene rings is 1. The molecule has 3 nitrogen and oxygen atoms in total. The first-order valence-electron chi connectivity index (χ1n) is 3.28. The van der Waals surface area contributed by atoms with Gasteiger partial charge in [0, 0.05) is 11.4 Å². The third-order valence-corrected chi connectivity index (χ3v) is 1.48. The predicted molar refractivity (Wildman–Crippen MR) is 52.5 cm³/mol. The maximum absolute atomic E-state index is 10.9. The number of anilines is 2. The standard InChI is InChI=1S/C8H10N2O.ClH/c1-5(11)8-6(9)3-2-4-7(8)10;/h2-4H,9-10H2,1H3;1H. The van der Waals surface area contributed by atoms with Gasteiger partial charge < -0.3 is 11.5 Å². The summed E-state index contributed by atoms with van der Waals surface area (Å²) in [6, 6.07) is 5.04. The quantitative estimate of drug-likeness (QED) is 0.516. The van der Waals surface area contributed by atoms with Gasteiger partial charge in [0.25, 0.3) is 0 Å². The Bertz CT molecular complexity index is 279. The van der Waals surface area contributed by atoms with Crippen molar-refractivity contribution >= 4 is 29.6 Å². The normalized spacial score (nSPS) is 8.75. The Morgan fingerprint density at radius 2 is 1.67 bits per heavy atom. The summed E-state index contributed by atoms with van der Waals surface area (Å²) >= 11 is 0. The van der Waals surface area contributed by atoms with E-state index in [0.29, 0.717) is 16.9 Å². The van der Waals surface area contributed by atoms with Gasteiger partial charge in [0.1, 0.15) is 0 Å². The lowest BCUT2D eigenvalue weighted by Gasteiger charge is -2.03. The number of Topliss-reactive ketones (excluding diaryl/α,β-unsaturated/α-hetero) is 1. The van der Waals surface area contributed by atoms with E-state index in [0.717, 1.165) is 0 Å². The van der Waals surface area contributed by atoms with E-state index in [9.17, 15) is 4.79 Å². The molecule has 0 saturated heterocycles. The van der Waals surface area contributed by atoms with Crippen LogP contribution in [0.1, 0.15) is 17.3 Å². The summed E-state index contributed by atoms with van der Waals surface area (Å²) in [4.78, 5) is 10.9. The second kappa shape index (κ2) is 3.97. The van der Waals surface area contributed by atoms with Gasteiger partial charge in [-0.05, 0) is 19.1 Å². The van der Waals surface area contributed by atoms with E-state index in [-0.39, 0.29) is 18.2 Å². The Morgan fingerprint density at radius 1 is 1.25 bits per heavy atom. The van der Waals surface area contributed by atoms with Crippen molar-refractivity contribution in [3.63, 3.8) is 0 Å². The number of halogens is 1. The molecular weight excluding hydrogens is 176 g/mol. The summed E-state index contributed by atoms with van der Waals surface area (Å²) in [5, 5.41) is 0. The van der Waals surface area contributed by atoms with E-state index in [1.807, 2.05) is 0 Å². The number of carbonyl (C=O) groups excluding carboxylic acids is 1. The summed E-state index contributed by atoms with van der Waals surface area (Å²) in [5.41, 5.74) is 12.4. The molecule has 0 aliphatic carbocycles. The van der Waals surface area contributed by atoms with Gasteiger partial charge >= 0.3 is 0 Å². The van der Waals surface area contributed by atoms with Gasteiger partial charge in [-0.25, -0.2) is 0 Å². The van der Waals surface area contributed by atoms with Crippen LogP contribution in [0.3, 0.4) is 0 Å². The highest BCUT2D eigenvalue weighted by molar-refractivity contribution is 6.03. The zero-order chi connectivity index (χ0) is 8.43. The SMILES string of the molecule is CC(=O)c1c(N)cccc1N.Cl. The number of rotatable bonds is 1. The number of hydrogen-bond donors (Lipinski definition) is 2. The Kier molecular flexibility index (Phi) is 3.57. The summed E-state index contributed by atoms with van der Waals surface area (Å²) in [6.07, 6.45) is 0. The predicted octanol–water partition coefficient (Wildman–Crippen LogP) is 1.48. The van der Waals surface area contributed by atoms with Crippen LogP contribution in [0.2, 0.25) is 0 Å². The van der Waals surface area contributed by atoms with Gasteiger partial charge in [0.05, 0.1) is 5.56 Å². The van der Waals surface area contributed by atoms with Crippen LogP contribution in [-0.2, 0) is 0 Å². The number of ketones is 1. The van der Waals surface area contributed by atoms with Crippen LogP contribution in [-0.4, -0.2) is 5.78 Å². The minimum Gasteiger partial charge on any atom is -0.398 e. The molecule has 0 spiro atoms. The lowest BCUT2D eigenvalue weighted by atomic mass is 10.1. The molecule has 0 unspecified atom stereocenters. The molecule has 0 aliphatic heterocycles. The molecule has 0 fully saturated rings. The molecule has 12 heavy (non-hydrogen) atoms. The summed E-state index contributed by atoms with van der Waals surface area (Å²) in [5.74, 6) is -0.0967. The van der Waals surface area contributed by atoms with E-state index in [2.05, 4.69) is 0 Å². The summed E-state index contributed by atoms with van der Waals surface area (Å²) < 4.78 is 0. The van der Waals surface area contributed by atoms with Crippen molar-refractivity contribution < 1.29 is 4.79 Å². The smallest absolute Gasteiger partial charge is 0.163 e. The Labute approximate surface area is 77.2 Å². The van der Waals surface area contributed by atoms with Crippen molar-refractivity contribution in [1.29, 1.82) is 0 Å². The van der Waals surface area contributed by atoms with Crippen molar-refractivity contribution in [2.75, 3.05) is 11.5 Å². The summed E-state index contributed by atoms with van der Waals surface area (Å²) in [6.45, 7) is 1.45. The monoisotopic (exact) mass is 186 g/mol. The average Bonchev–Trinajstić information content (AvgIpc) is 1.85. The first-order valence-corrected chi connectivity index (χ1v) is 3.28. The molecule has 0 aromatic heterocycles. The van der Waals surface area contributed by atoms with Gasteiger partial charge in [-0.3, -0.25) is 4.79 Å². The van der Waals surface area contributed by atoms with Crippen molar-refractivity contribution in [3.05, 3.63) is 23.8 Å². The lowest BCUT2D eigenvalue weighted by molar-refractivity contribution is 0.101. The van der Waals surface area contributed by atoms with Crippen molar-refractivity contribution in [1.82, 2.24) is 0 Å². The van der Waals surface area contributed by atoms with E-state index in [1.165, 1.54) is 6.92 Å². The highest BCUT2D eigenvalue weighted by atomic mass is 35.5. The Balaban J connectivity index is 0.00000121. The van der Waals surface area contributed by atoms with Crippen LogP contribution in [0, 0.1) is 0 Å². The van der Waals surface area contributed by atoms with Gasteiger partial charge in [0.15, 0.2) is 5.78 Å². The minimum absolute atomic E-state index is 0. The molecule has 4 heteroatoms. The molecule has 0 heterocycles. The zero-order valence-corrected chi connectivity index (χ0v) is 7.52. The van der Waals surface area contributed by atoms with E-state index in [1.54, 1.807) is 18.2 Å². The van der Waals surface area contributed by atoms with Gasteiger partial charge in [-0.1, -0.05) is 6.07 Å². The number of hydrogen-bond acceptors (Lipinski definition) is 3. The third kappa shape index (κ3) is 1.89. The molecule has 0 radical (unpaired) electrons. The molecule has 0 atom stereocenters. The largest absolute Gasteiger partial charge is 0.398 e. The first-order chi connectivity index (χ1) is 5.13. The second-order valence-electron chi connectivity index (χ2n) is 2.37. The van der Waals surface area contributed by atoms with Crippen molar-refractivity contribution in [2.45, 2.75) is 6.92 Å². The topological polar surface area (TPSA) is 69.1 Å². The Hall–Kier alpha value is -1.22. The zero-order valence-electron chi connectivity index (χ0n) is 6.70. The van der Waals surface area contributed by atoms with Crippen LogP contribution >= 0.6 is 12.4 Å². The molecule has 0 bridgehead atoms. The Morgan fingerprint density at radius 3 is 1.92 bits per heavy atom. The van der Waals surface area contributed by atoms with Crippen molar-refractivity contribution in [2.24, 2.45) is 0 Å². The molecule has 1 aromatic carbocycles. The van der Waals surface area contributed by atoms with Crippen LogP contribution in [0.25, 0.3) is 0 Å². The van der Waals surface area contributed by atoms with Crippen LogP contribution in [0.4, 0.5) is 11.4 Å². The average molecular weight is 187 g/mol. The van der Waals surface area contributed by atoms with E-state index < -0.39 is 0 Å². The number of nitrogens with two attached hydrogens (primary N) is 2. The third-order valence-electron chi connectivity index (χ3n) is 1.48. The van der Waals surface area contributed by atoms with E-state index in [4.69, 9.17) is 11.5 Å². The van der Waals surface area contributed by atoms with Gasteiger partial charge in [-0.2, -0.15) is 0 Å². The van der Waals surface area contributed by atoms with Gasteiger partial charge in [0.2, 0.25) is 0 Å². The second-order valence-corrected chi connectivity index (χ2v) is 2.37. The highest BCUT2D eigenvalue weighted by Crippen LogP contribution is 2.18. The van der Waals surface area contributed by atoms with Crippen LogP contribution < -0.4 is 11.5 Å². The molecule has 0 aliphatic rings. The molecule has 0 saturated carbocycles. The van der Waals surface area contributed by atoms with Crippen LogP contribution in [0.5, 0.6) is 0 Å². The molecule has 1 aromatic rings. The molecule has 1 rings (SSSR count). The minimum atomic E-state index is -0.0967. The van der Waals surface area contributed by atoms with Crippen LogP contribution in [0.15, 0.2) is 18.2 Å². The fourth-order valence-corrected chi connectivity index (χ4v) is 0.995. The summed E-state index contributed by atoms with van der Waals surface area (Å²) in [7, 11) is 0. The molecule has 4 N–H and O–H groups in total. The highest BCUT2D eigenvalue weighted by Gasteiger charge is 2.06. The molecule has 0 amide bonds. The number of nitrogen functional groups attached to an aromatic ring is 2. The van der Waals surface area contributed by atoms with Crippen molar-refractivity contribution in [3.8, 4) is 0 Å². The maximum atomic E-state index is 10.9. The molecule has 66 valence electrons. The molecular formula is C8H11ClN2O. The van der Waals surface area contributed by atoms with E-state index >= 15 is 0 Å².